The van der Waals surface area contributed by atoms with Crippen molar-refractivity contribution in [3.8, 4) is 0 Å². The van der Waals surface area contributed by atoms with Gasteiger partial charge in [0.15, 0.2) is 0 Å². The summed E-state index contributed by atoms with van der Waals surface area (Å²) in [6.07, 6.45) is 3.01. The number of aromatic nitrogens is 3. The Kier molecular flexibility index (Phi) is 6.83. The molecule has 5 heteroatoms. The number of benzene rings is 2. The maximum atomic E-state index is 11.7. The third kappa shape index (κ3) is 5.43. The van der Waals surface area contributed by atoms with Crippen molar-refractivity contribution in [2.24, 2.45) is 0 Å². The molecule has 3 rings (SSSR count). The van der Waals surface area contributed by atoms with Gasteiger partial charge in [-0.25, -0.2) is 9.89 Å². The van der Waals surface area contributed by atoms with Crippen LogP contribution < -0.4 is 11.4 Å². The van der Waals surface area contributed by atoms with E-state index in [0.717, 1.165) is 36.3 Å². The van der Waals surface area contributed by atoms with Crippen molar-refractivity contribution >= 4 is 5.69 Å². The molecule has 0 aliphatic carbocycles. The molecule has 2 aromatic carbocycles. The van der Waals surface area contributed by atoms with E-state index in [-0.39, 0.29) is 5.69 Å². The van der Waals surface area contributed by atoms with Crippen LogP contribution in [0.25, 0.3) is 0 Å². The molecule has 0 unspecified atom stereocenters. The summed E-state index contributed by atoms with van der Waals surface area (Å²) in [7, 11) is 0. The number of aryl methyl sites for hydroxylation is 1. The minimum Gasteiger partial charge on any atom is -0.399 e. The van der Waals surface area contributed by atoms with E-state index in [0.29, 0.717) is 6.54 Å². The van der Waals surface area contributed by atoms with E-state index in [1.165, 1.54) is 0 Å². The molecule has 0 aliphatic rings. The van der Waals surface area contributed by atoms with Gasteiger partial charge in [-0.1, -0.05) is 61.9 Å². The predicted octanol–water partition coefficient (Wildman–Crippen LogP) is 3.23. The Labute approximate surface area is 142 Å². The lowest BCUT2D eigenvalue weighted by Gasteiger charge is -2.05. The third-order valence-corrected chi connectivity index (χ3v) is 3.57. The van der Waals surface area contributed by atoms with Gasteiger partial charge in [0.1, 0.15) is 5.82 Å². The van der Waals surface area contributed by atoms with Gasteiger partial charge in [0, 0.05) is 12.1 Å². The van der Waals surface area contributed by atoms with Gasteiger partial charge in [0.25, 0.3) is 0 Å². The van der Waals surface area contributed by atoms with Crippen molar-refractivity contribution in [1.82, 2.24) is 14.8 Å². The molecular weight excluding hydrogens is 300 g/mol. The van der Waals surface area contributed by atoms with Crippen LogP contribution in [0.4, 0.5) is 5.69 Å². The van der Waals surface area contributed by atoms with Crippen LogP contribution in [0.3, 0.4) is 0 Å². The average Bonchev–Trinajstić information content (AvgIpc) is 2.95. The zero-order chi connectivity index (χ0) is 17.2. The molecule has 0 saturated carbocycles. The Morgan fingerprint density at radius 3 is 2.21 bits per heavy atom. The molecule has 0 atom stereocenters. The first-order chi connectivity index (χ1) is 11.7. The van der Waals surface area contributed by atoms with Gasteiger partial charge >= 0.3 is 5.69 Å². The van der Waals surface area contributed by atoms with Crippen LogP contribution in [-0.2, 0) is 13.0 Å². The predicted molar refractivity (Wildman–Crippen MR) is 97.9 cm³/mol. The number of para-hydroxylation sites is 1. The molecule has 126 valence electrons. The number of nitrogens with zero attached hydrogens (tertiary/aromatic N) is 2. The standard InChI is InChI=1S/C13H17N3O.C6H7N/c1-2-3-9-12-14-15-13(17)16(12)10-11-7-5-4-6-8-11;7-6-4-2-1-3-5-6/h4-8H,2-3,9-10H2,1H3,(H,15,17);1-5H,7H2. The first-order valence-electron chi connectivity index (χ1n) is 8.19. The Bertz CT molecular complexity index is 763. The molecule has 5 nitrogen and oxygen atoms in total. The molecule has 0 fully saturated rings. The summed E-state index contributed by atoms with van der Waals surface area (Å²) in [6, 6.07) is 19.4. The summed E-state index contributed by atoms with van der Waals surface area (Å²) in [4.78, 5) is 11.7. The highest BCUT2D eigenvalue weighted by molar-refractivity contribution is 5.35. The number of nitrogens with one attached hydrogen (secondary N) is 1. The van der Waals surface area contributed by atoms with E-state index in [4.69, 9.17) is 5.73 Å². The lowest BCUT2D eigenvalue weighted by Crippen LogP contribution is -2.19. The quantitative estimate of drug-likeness (QED) is 0.707. The zero-order valence-corrected chi connectivity index (χ0v) is 14.0. The average molecular weight is 324 g/mol. The number of nitrogens with two attached hydrogens (primary N) is 1. The summed E-state index contributed by atoms with van der Waals surface area (Å²) < 4.78 is 1.71. The monoisotopic (exact) mass is 324 g/mol. The van der Waals surface area contributed by atoms with Gasteiger partial charge < -0.3 is 5.73 Å². The number of anilines is 1. The fraction of sp³-hybridized carbons (Fsp3) is 0.263. The minimum atomic E-state index is -0.125. The SMILES string of the molecule is CCCCc1n[nH]c(=O)n1Cc1ccccc1.Nc1ccccc1. The maximum Gasteiger partial charge on any atom is 0.343 e. The fourth-order valence-electron chi connectivity index (χ4n) is 2.26. The van der Waals surface area contributed by atoms with Crippen molar-refractivity contribution in [2.75, 3.05) is 5.73 Å². The fourth-order valence-corrected chi connectivity index (χ4v) is 2.26. The van der Waals surface area contributed by atoms with E-state index < -0.39 is 0 Å². The number of unbranched alkanes of at least 4 members (excludes halogenated alkanes) is 1. The van der Waals surface area contributed by atoms with Crippen LogP contribution in [0.5, 0.6) is 0 Å². The van der Waals surface area contributed by atoms with E-state index in [2.05, 4.69) is 17.1 Å². The topological polar surface area (TPSA) is 76.7 Å². The third-order valence-electron chi connectivity index (χ3n) is 3.57. The molecule has 1 heterocycles. The molecule has 0 saturated heterocycles. The van der Waals surface area contributed by atoms with Gasteiger partial charge in [-0.3, -0.25) is 4.57 Å². The van der Waals surface area contributed by atoms with Gasteiger partial charge in [-0.2, -0.15) is 5.10 Å². The summed E-state index contributed by atoms with van der Waals surface area (Å²) in [5, 5.41) is 6.60. The lowest BCUT2D eigenvalue weighted by atomic mass is 10.2. The van der Waals surface area contributed by atoms with Crippen molar-refractivity contribution < 1.29 is 0 Å². The molecule has 3 aromatic rings. The Balaban J connectivity index is 0.000000249. The second-order valence-electron chi connectivity index (χ2n) is 5.53. The second-order valence-corrected chi connectivity index (χ2v) is 5.53. The van der Waals surface area contributed by atoms with Crippen molar-refractivity contribution in [1.29, 1.82) is 0 Å². The largest absolute Gasteiger partial charge is 0.399 e. The highest BCUT2D eigenvalue weighted by Gasteiger charge is 2.07. The lowest BCUT2D eigenvalue weighted by molar-refractivity contribution is 0.666. The van der Waals surface area contributed by atoms with E-state index in [9.17, 15) is 4.79 Å². The number of H-pyrrole nitrogens is 1. The highest BCUT2D eigenvalue weighted by atomic mass is 16.1. The van der Waals surface area contributed by atoms with Crippen LogP contribution >= 0.6 is 0 Å². The van der Waals surface area contributed by atoms with Crippen LogP contribution in [-0.4, -0.2) is 14.8 Å². The summed E-state index contributed by atoms with van der Waals surface area (Å²) in [5.41, 5.74) is 7.17. The van der Waals surface area contributed by atoms with Crippen molar-refractivity contribution in [3.05, 3.63) is 82.5 Å². The first-order valence-corrected chi connectivity index (χ1v) is 8.19. The van der Waals surface area contributed by atoms with Crippen LogP contribution in [0, 0.1) is 0 Å². The molecular formula is C19H24N4O. The van der Waals surface area contributed by atoms with Crippen LogP contribution in [0.15, 0.2) is 65.5 Å². The summed E-state index contributed by atoms with van der Waals surface area (Å²) >= 11 is 0. The summed E-state index contributed by atoms with van der Waals surface area (Å²) in [6.45, 7) is 2.72. The Hall–Kier alpha value is -2.82. The highest BCUT2D eigenvalue weighted by Crippen LogP contribution is 2.04. The number of aromatic amines is 1. The molecule has 0 spiro atoms. The van der Waals surface area contributed by atoms with Gasteiger partial charge in [-0.15, -0.1) is 0 Å². The van der Waals surface area contributed by atoms with E-state index in [1.54, 1.807) is 4.57 Å². The maximum absolute atomic E-state index is 11.7. The smallest absolute Gasteiger partial charge is 0.343 e. The van der Waals surface area contributed by atoms with Crippen LogP contribution in [0.2, 0.25) is 0 Å². The van der Waals surface area contributed by atoms with Crippen LogP contribution in [0.1, 0.15) is 31.2 Å². The zero-order valence-electron chi connectivity index (χ0n) is 14.0. The Morgan fingerprint density at radius 1 is 1.04 bits per heavy atom. The van der Waals surface area contributed by atoms with E-state index >= 15 is 0 Å². The molecule has 3 N–H and O–H groups in total. The molecule has 24 heavy (non-hydrogen) atoms. The number of nitrogen functional groups attached to an aromatic ring is 1. The van der Waals surface area contributed by atoms with Crippen molar-refractivity contribution in [2.45, 2.75) is 32.7 Å². The normalized spacial score (nSPS) is 10.0. The number of rotatable bonds is 5. The number of hydrogen-bond acceptors (Lipinski definition) is 3. The second kappa shape index (κ2) is 9.35. The first kappa shape index (κ1) is 17.5. The van der Waals surface area contributed by atoms with E-state index in [1.807, 2.05) is 60.7 Å². The molecule has 0 radical (unpaired) electrons. The number of hydrogen-bond donors (Lipinski definition) is 2. The molecule has 0 bridgehead atoms. The van der Waals surface area contributed by atoms with Crippen molar-refractivity contribution in [3.63, 3.8) is 0 Å². The molecule has 0 amide bonds. The summed E-state index contributed by atoms with van der Waals surface area (Å²) in [5.74, 6) is 0.848. The van der Waals surface area contributed by atoms with Gasteiger partial charge in [0.2, 0.25) is 0 Å². The molecule has 1 aromatic heterocycles. The van der Waals surface area contributed by atoms with Gasteiger partial charge in [-0.05, 0) is 24.1 Å². The Morgan fingerprint density at radius 2 is 1.67 bits per heavy atom. The minimum absolute atomic E-state index is 0.125. The molecule has 0 aliphatic heterocycles. The van der Waals surface area contributed by atoms with Gasteiger partial charge in [0.05, 0.1) is 6.54 Å².